The third kappa shape index (κ3) is 2.66. The summed E-state index contributed by atoms with van der Waals surface area (Å²) in [6.45, 7) is 0. The third-order valence-corrected chi connectivity index (χ3v) is 5.21. The Hall–Kier alpha value is -1.72. The number of halogens is 1. The van der Waals surface area contributed by atoms with Gasteiger partial charge in [-0.1, -0.05) is 34.1 Å². The predicted octanol–water partition coefficient (Wildman–Crippen LogP) is 4.94. The fourth-order valence-electron chi connectivity index (χ4n) is 2.48. The Morgan fingerprint density at radius 1 is 1.18 bits per heavy atom. The first-order valence-corrected chi connectivity index (χ1v) is 8.90. The topological polar surface area (TPSA) is 30.2 Å². The Morgan fingerprint density at radius 3 is 2.77 bits per heavy atom. The van der Waals surface area contributed by atoms with Gasteiger partial charge in [0.1, 0.15) is 0 Å². The molecule has 2 aromatic heterocycles. The molecule has 110 valence electrons. The monoisotopic (exact) mass is 371 g/mol. The molecule has 5 heteroatoms. The van der Waals surface area contributed by atoms with Gasteiger partial charge in [0.2, 0.25) is 0 Å². The molecule has 4 rings (SSSR count). The van der Waals surface area contributed by atoms with Crippen molar-refractivity contribution in [3.8, 4) is 11.3 Å². The number of hydrogen-bond acceptors (Lipinski definition) is 3. The van der Waals surface area contributed by atoms with Gasteiger partial charge in [-0.2, -0.15) is 0 Å². The minimum Gasteiger partial charge on any atom is -0.313 e. The molecular weight excluding hydrogens is 358 g/mol. The van der Waals surface area contributed by atoms with Crippen LogP contribution in [0.1, 0.15) is 18.9 Å². The first-order chi connectivity index (χ1) is 10.8. The van der Waals surface area contributed by atoms with Crippen LogP contribution in [0.4, 0.5) is 5.69 Å². The predicted molar refractivity (Wildman–Crippen MR) is 93.2 cm³/mol. The number of nitrogens with zero attached hydrogens (tertiary/aromatic N) is 3. The lowest BCUT2D eigenvalue weighted by atomic mass is 10.2. The van der Waals surface area contributed by atoms with Crippen molar-refractivity contribution >= 4 is 33.0 Å². The number of aromatic nitrogens is 2. The smallest absolute Gasteiger partial charge is 0.190 e. The first kappa shape index (κ1) is 13.9. The van der Waals surface area contributed by atoms with E-state index in [1.54, 1.807) is 23.7 Å². The fraction of sp³-hybridized carbons (Fsp3) is 0.176. The summed E-state index contributed by atoms with van der Waals surface area (Å²) in [7, 11) is 0. The molecule has 0 amide bonds. The largest absolute Gasteiger partial charge is 0.313 e. The van der Waals surface area contributed by atoms with Crippen LogP contribution in [0.15, 0.2) is 63.6 Å². The molecule has 0 unspecified atom stereocenters. The van der Waals surface area contributed by atoms with Crippen LogP contribution >= 0.6 is 27.3 Å². The van der Waals surface area contributed by atoms with Gasteiger partial charge in [0.25, 0.3) is 0 Å². The second kappa shape index (κ2) is 5.82. The number of pyridine rings is 1. The second-order valence-corrected chi connectivity index (χ2v) is 7.00. The number of rotatable bonds is 3. The summed E-state index contributed by atoms with van der Waals surface area (Å²) < 4.78 is 3.49. The van der Waals surface area contributed by atoms with E-state index in [9.17, 15) is 0 Å². The van der Waals surface area contributed by atoms with Gasteiger partial charge >= 0.3 is 0 Å². The molecule has 0 spiro atoms. The summed E-state index contributed by atoms with van der Waals surface area (Å²) in [5, 5.41) is 2.20. The first-order valence-electron chi connectivity index (χ1n) is 7.22. The van der Waals surface area contributed by atoms with Gasteiger partial charge in [-0.25, -0.2) is 4.99 Å². The fourth-order valence-corrected chi connectivity index (χ4v) is 3.95. The highest BCUT2D eigenvalue weighted by Crippen LogP contribution is 2.39. The molecular formula is C17H14BrN3S. The number of hydrogen-bond donors (Lipinski definition) is 0. The van der Waals surface area contributed by atoms with E-state index in [2.05, 4.69) is 49.1 Å². The molecule has 1 aliphatic rings. The van der Waals surface area contributed by atoms with Crippen molar-refractivity contribution in [1.29, 1.82) is 0 Å². The van der Waals surface area contributed by atoms with Crippen molar-refractivity contribution in [2.75, 3.05) is 0 Å². The highest BCUT2D eigenvalue weighted by atomic mass is 79.9. The number of thiazole rings is 1. The summed E-state index contributed by atoms with van der Waals surface area (Å²) >= 11 is 5.35. The van der Waals surface area contributed by atoms with Gasteiger partial charge in [0, 0.05) is 27.7 Å². The zero-order valence-corrected chi connectivity index (χ0v) is 14.2. The molecule has 1 saturated carbocycles. The summed E-state index contributed by atoms with van der Waals surface area (Å²) in [5.74, 6) is 0. The molecule has 3 nitrogen and oxygen atoms in total. The zero-order chi connectivity index (χ0) is 14.9. The van der Waals surface area contributed by atoms with Crippen molar-refractivity contribution in [3.05, 3.63) is 63.4 Å². The molecule has 1 aliphatic carbocycles. The van der Waals surface area contributed by atoms with E-state index in [1.165, 1.54) is 24.1 Å². The van der Waals surface area contributed by atoms with Crippen molar-refractivity contribution in [1.82, 2.24) is 9.55 Å². The van der Waals surface area contributed by atoms with Crippen LogP contribution in [0.3, 0.4) is 0 Å². The van der Waals surface area contributed by atoms with Crippen LogP contribution < -0.4 is 4.80 Å². The van der Waals surface area contributed by atoms with Crippen molar-refractivity contribution in [2.45, 2.75) is 18.9 Å². The molecule has 0 atom stereocenters. The Labute approximate surface area is 141 Å². The van der Waals surface area contributed by atoms with E-state index in [0.29, 0.717) is 6.04 Å². The molecule has 2 heterocycles. The van der Waals surface area contributed by atoms with Crippen LogP contribution in [0.5, 0.6) is 0 Å². The molecule has 0 aliphatic heterocycles. The van der Waals surface area contributed by atoms with Crippen LogP contribution in [0, 0.1) is 0 Å². The highest BCUT2D eigenvalue weighted by molar-refractivity contribution is 9.10. The summed E-state index contributed by atoms with van der Waals surface area (Å²) in [6.07, 6.45) is 6.03. The quantitative estimate of drug-likeness (QED) is 0.640. The summed E-state index contributed by atoms with van der Waals surface area (Å²) in [5.41, 5.74) is 3.36. The Morgan fingerprint density at radius 2 is 2.05 bits per heavy atom. The van der Waals surface area contributed by atoms with Gasteiger partial charge in [-0.15, -0.1) is 11.3 Å². The van der Waals surface area contributed by atoms with Gasteiger partial charge < -0.3 is 4.57 Å². The van der Waals surface area contributed by atoms with Crippen LogP contribution in [-0.4, -0.2) is 9.55 Å². The Kier molecular flexibility index (Phi) is 3.68. The molecule has 1 fully saturated rings. The average Bonchev–Trinajstić information content (AvgIpc) is 3.30. The minimum absolute atomic E-state index is 0.573. The SMILES string of the molecule is Brc1ccccc1-c1csc(=Nc2cccnc2)n1C1CC1. The van der Waals surface area contributed by atoms with Crippen molar-refractivity contribution in [3.63, 3.8) is 0 Å². The van der Waals surface area contributed by atoms with Crippen molar-refractivity contribution in [2.24, 2.45) is 4.99 Å². The number of benzene rings is 1. The van der Waals surface area contributed by atoms with Crippen LogP contribution in [-0.2, 0) is 0 Å². The molecule has 22 heavy (non-hydrogen) atoms. The molecule has 0 bridgehead atoms. The van der Waals surface area contributed by atoms with E-state index >= 15 is 0 Å². The lowest BCUT2D eigenvalue weighted by Crippen LogP contribution is -2.14. The molecule has 1 aromatic carbocycles. The molecule has 0 radical (unpaired) electrons. The van der Waals surface area contributed by atoms with Crippen LogP contribution in [0.2, 0.25) is 0 Å². The van der Waals surface area contributed by atoms with Gasteiger partial charge in [0.15, 0.2) is 4.80 Å². The summed E-state index contributed by atoms with van der Waals surface area (Å²) in [4.78, 5) is 9.97. The standard InChI is InChI=1S/C17H14BrN3S/c18-15-6-2-1-5-14(15)16-11-22-17(21(16)13-7-8-13)20-12-4-3-9-19-10-12/h1-6,9-11,13H,7-8H2. The third-order valence-electron chi connectivity index (χ3n) is 3.67. The summed E-state index contributed by atoms with van der Waals surface area (Å²) in [6, 6.07) is 12.8. The zero-order valence-electron chi connectivity index (χ0n) is 11.8. The van der Waals surface area contributed by atoms with Gasteiger partial charge in [-0.3, -0.25) is 4.98 Å². The Bertz CT molecular complexity index is 863. The lowest BCUT2D eigenvalue weighted by molar-refractivity contribution is 0.724. The second-order valence-electron chi connectivity index (χ2n) is 5.31. The maximum absolute atomic E-state index is 4.78. The minimum atomic E-state index is 0.573. The van der Waals surface area contributed by atoms with Gasteiger partial charge in [-0.05, 0) is 31.0 Å². The molecule has 0 saturated heterocycles. The van der Waals surface area contributed by atoms with Crippen molar-refractivity contribution < 1.29 is 0 Å². The van der Waals surface area contributed by atoms with Gasteiger partial charge in [0.05, 0.1) is 17.6 Å². The average molecular weight is 372 g/mol. The van der Waals surface area contributed by atoms with E-state index in [4.69, 9.17) is 4.99 Å². The normalized spacial score (nSPS) is 15.2. The van der Waals surface area contributed by atoms with E-state index < -0.39 is 0 Å². The van der Waals surface area contributed by atoms with E-state index in [0.717, 1.165) is 15.0 Å². The lowest BCUT2D eigenvalue weighted by Gasteiger charge is -2.09. The van der Waals surface area contributed by atoms with Crippen LogP contribution in [0.25, 0.3) is 11.3 Å². The van der Waals surface area contributed by atoms with E-state index in [-0.39, 0.29) is 0 Å². The maximum Gasteiger partial charge on any atom is 0.190 e. The molecule has 3 aromatic rings. The Balaban J connectivity index is 1.89. The maximum atomic E-state index is 4.78. The highest BCUT2D eigenvalue weighted by Gasteiger charge is 2.27. The van der Waals surface area contributed by atoms with E-state index in [1.807, 2.05) is 18.2 Å². The molecule has 0 N–H and O–H groups in total.